The van der Waals surface area contributed by atoms with Crippen molar-refractivity contribution in [1.82, 2.24) is 9.97 Å². The topological polar surface area (TPSA) is 131 Å². The van der Waals surface area contributed by atoms with E-state index < -0.39 is 17.5 Å². The van der Waals surface area contributed by atoms with E-state index in [2.05, 4.69) is 20.6 Å². The first-order chi connectivity index (χ1) is 15.3. The Kier molecular flexibility index (Phi) is 6.38. The summed E-state index contributed by atoms with van der Waals surface area (Å²) in [7, 11) is 0. The summed E-state index contributed by atoms with van der Waals surface area (Å²) in [6.07, 6.45) is 3.52. The van der Waals surface area contributed by atoms with Gasteiger partial charge in [0.25, 0.3) is 5.91 Å². The second kappa shape index (κ2) is 9.21. The second-order valence-electron chi connectivity index (χ2n) is 8.18. The van der Waals surface area contributed by atoms with Gasteiger partial charge in [0, 0.05) is 31.2 Å². The van der Waals surface area contributed by atoms with Crippen LogP contribution in [0.5, 0.6) is 0 Å². The zero-order valence-corrected chi connectivity index (χ0v) is 17.8. The molecule has 9 nitrogen and oxygen atoms in total. The van der Waals surface area contributed by atoms with Crippen LogP contribution in [0.25, 0.3) is 0 Å². The average molecular weight is 447 g/mol. The fraction of sp³-hybridized carbons (Fsp3) is 0.476. The van der Waals surface area contributed by atoms with Crippen molar-refractivity contribution in [2.75, 3.05) is 41.8 Å². The number of hydrogen-bond donors (Lipinski definition) is 4. The molecule has 1 saturated carbocycles. The predicted molar refractivity (Wildman–Crippen MR) is 117 cm³/mol. The van der Waals surface area contributed by atoms with Crippen molar-refractivity contribution in [1.29, 1.82) is 0 Å². The van der Waals surface area contributed by atoms with Gasteiger partial charge in [-0.1, -0.05) is 0 Å². The molecule has 3 heterocycles. The molecule has 0 radical (unpaired) electrons. The molecule has 6 N–H and O–H groups in total. The van der Waals surface area contributed by atoms with E-state index in [1.165, 1.54) is 12.3 Å². The van der Waals surface area contributed by atoms with Crippen LogP contribution in [0.4, 0.5) is 31.9 Å². The molecule has 1 amide bonds. The van der Waals surface area contributed by atoms with E-state index in [9.17, 15) is 13.6 Å². The van der Waals surface area contributed by atoms with Crippen molar-refractivity contribution in [3.8, 4) is 0 Å². The van der Waals surface area contributed by atoms with Crippen molar-refractivity contribution in [2.45, 2.75) is 31.8 Å². The minimum atomic E-state index is -0.869. The maximum Gasteiger partial charge on any atom is 0.252 e. The molecular weight excluding hydrogens is 420 g/mol. The first-order valence-electron chi connectivity index (χ1n) is 10.6. The summed E-state index contributed by atoms with van der Waals surface area (Å²) in [5.74, 6) is -1.60. The Morgan fingerprint density at radius 1 is 1.22 bits per heavy atom. The SMILES string of the molecule is C[C@@H](Nc1nc(Nc2cnc(N3CCOCC3)c(F)c2)c(C(N)=O)cc1F)[C@@H](N)C1CC1. The molecule has 2 aliphatic rings. The quantitative estimate of drug-likeness (QED) is 0.483. The summed E-state index contributed by atoms with van der Waals surface area (Å²) in [5, 5.41) is 5.81. The summed E-state index contributed by atoms with van der Waals surface area (Å²) in [4.78, 5) is 22.0. The van der Waals surface area contributed by atoms with Crippen LogP contribution < -0.4 is 27.0 Å². The summed E-state index contributed by atoms with van der Waals surface area (Å²) >= 11 is 0. The molecule has 2 aromatic heterocycles. The summed E-state index contributed by atoms with van der Waals surface area (Å²) < 4.78 is 34.6. The largest absolute Gasteiger partial charge is 0.378 e. The van der Waals surface area contributed by atoms with Crippen LogP contribution in [0.3, 0.4) is 0 Å². The van der Waals surface area contributed by atoms with E-state index >= 15 is 0 Å². The number of anilines is 4. The Balaban J connectivity index is 1.57. The molecule has 0 spiro atoms. The van der Waals surface area contributed by atoms with Crippen molar-refractivity contribution in [2.24, 2.45) is 17.4 Å². The summed E-state index contributed by atoms with van der Waals surface area (Å²) in [6.45, 7) is 3.93. The normalized spacial score (nSPS) is 18.2. The van der Waals surface area contributed by atoms with Crippen LogP contribution in [0.2, 0.25) is 0 Å². The zero-order valence-electron chi connectivity index (χ0n) is 17.8. The molecule has 1 saturated heterocycles. The third-order valence-corrected chi connectivity index (χ3v) is 5.74. The van der Waals surface area contributed by atoms with Crippen molar-refractivity contribution in [3.63, 3.8) is 0 Å². The third-order valence-electron chi connectivity index (χ3n) is 5.74. The van der Waals surface area contributed by atoms with E-state index in [1.807, 2.05) is 6.92 Å². The number of nitrogens with zero attached hydrogens (tertiary/aromatic N) is 3. The maximum absolute atomic E-state index is 14.7. The lowest BCUT2D eigenvalue weighted by molar-refractivity contribution is 0.100. The van der Waals surface area contributed by atoms with Gasteiger partial charge in [-0.15, -0.1) is 0 Å². The van der Waals surface area contributed by atoms with Gasteiger partial charge in [0.05, 0.1) is 30.7 Å². The monoisotopic (exact) mass is 447 g/mol. The highest BCUT2D eigenvalue weighted by Crippen LogP contribution is 2.34. The minimum Gasteiger partial charge on any atom is -0.378 e. The molecule has 4 rings (SSSR count). The number of nitrogens with one attached hydrogen (secondary N) is 2. The van der Waals surface area contributed by atoms with E-state index in [4.69, 9.17) is 16.2 Å². The van der Waals surface area contributed by atoms with Crippen LogP contribution in [-0.2, 0) is 4.74 Å². The fourth-order valence-electron chi connectivity index (χ4n) is 3.72. The molecule has 1 aliphatic heterocycles. The van der Waals surface area contributed by atoms with Crippen LogP contribution >= 0.6 is 0 Å². The van der Waals surface area contributed by atoms with Gasteiger partial charge in [-0.05, 0) is 31.7 Å². The average Bonchev–Trinajstić information content (AvgIpc) is 3.61. The highest BCUT2D eigenvalue weighted by Gasteiger charge is 2.32. The second-order valence-corrected chi connectivity index (χ2v) is 8.18. The number of aromatic nitrogens is 2. The molecule has 32 heavy (non-hydrogen) atoms. The molecule has 2 fully saturated rings. The lowest BCUT2D eigenvalue weighted by Crippen LogP contribution is -2.40. The number of pyridine rings is 2. The van der Waals surface area contributed by atoms with Crippen LogP contribution in [0.1, 0.15) is 30.1 Å². The Morgan fingerprint density at radius 3 is 2.56 bits per heavy atom. The standard InChI is InChI=1S/C21H27F2N7O2/c1-11(17(24)12-2-3-12)27-20-15(22)9-14(18(25)31)19(29-20)28-13-8-16(23)21(26-10-13)30-4-6-32-7-5-30/h8-12,17H,2-7,24H2,1H3,(H2,25,31)(H2,27,28,29)/t11-,17-/m1/s1. The van der Waals surface area contributed by atoms with Crippen LogP contribution in [0.15, 0.2) is 18.3 Å². The van der Waals surface area contributed by atoms with E-state index in [-0.39, 0.29) is 40.8 Å². The maximum atomic E-state index is 14.7. The molecule has 2 aromatic rings. The van der Waals surface area contributed by atoms with E-state index in [0.717, 1.165) is 18.9 Å². The third kappa shape index (κ3) is 4.89. The highest BCUT2D eigenvalue weighted by atomic mass is 19.1. The molecule has 2 atom stereocenters. The molecule has 0 unspecified atom stereocenters. The van der Waals surface area contributed by atoms with Gasteiger partial charge < -0.3 is 31.7 Å². The Hall–Kier alpha value is -3.05. The number of nitrogens with two attached hydrogens (primary N) is 2. The van der Waals surface area contributed by atoms with Crippen molar-refractivity contribution >= 4 is 29.0 Å². The Morgan fingerprint density at radius 2 is 1.94 bits per heavy atom. The number of morpholine rings is 1. The number of carbonyl (C=O) groups is 1. The van der Waals surface area contributed by atoms with E-state index in [1.54, 1.807) is 4.90 Å². The number of primary amides is 1. The molecular formula is C21H27F2N7O2. The molecule has 0 aromatic carbocycles. The lowest BCUT2D eigenvalue weighted by atomic mass is 10.1. The van der Waals surface area contributed by atoms with Gasteiger partial charge in [-0.2, -0.15) is 0 Å². The predicted octanol–water partition coefficient (Wildman–Crippen LogP) is 1.97. The van der Waals surface area contributed by atoms with Gasteiger partial charge in [-0.25, -0.2) is 18.7 Å². The summed E-state index contributed by atoms with van der Waals surface area (Å²) in [6, 6.07) is 1.87. The number of carbonyl (C=O) groups excluding carboxylic acids is 1. The number of halogens is 2. The van der Waals surface area contributed by atoms with Gasteiger partial charge in [-0.3, -0.25) is 4.79 Å². The molecule has 172 valence electrons. The van der Waals surface area contributed by atoms with Gasteiger partial charge in [0.15, 0.2) is 23.3 Å². The zero-order chi connectivity index (χ0) is 22.8. The first kappa shape index (κ1) is 22.2. The highest BCUT2D eigenvalue weighted by molar-refractivity contribution is 5.98. The fourth-order valence-corrected chi connectivity index (χ4v) is 3.72. The number of amides is 1. The van der Waals surface area contributed by atoms with Crippen molar-refractivity contribution < 1.29 is 18.3 Å². The first-order valence-corrected chi connectivity index (χ1v) is 10.6. The smallest absolute Gasteiger partial charge is 0.252 e. The van der Waals surface area contributed by atoms with E-state index in [0.29, 0.717) is 32.2 Å². The molecule has 1 aliphatic carbocycles. The van der Waals surface area contributed by atoms with Gasteiger partial charge in [0.2, 0.25) is 0 Å². The Bertz CT molecular complexity index is 996. The number of rotatable bonds is 8. The molecule has 11 heteroatoms. The van der Waals surface area contributed by atoms with Crippen LogP contribution in [0, 0.1) is 17.6 Å². The van der Waals surface area contributed by atoms with Crippen LogP contribution in [-0.4, -0.2) is 54.3 Å². The summed E-state index contributed by atoms with van der Waals surface area (Å²) in [5.41, 5.74) is 11.7. The lowest BCUT2D eigenvalue weighted by Gasteiger charge is -2.28. The number of ether oxygens (including phenoxy) is 1. The number of hydrogen-bond acceptors (Lipinski definition) is 8. The molecule has 0 bridgehead atoms. The van der Waals surface area contributed by atoms with Gasteiger partial charge in [0.1, 0.15) is 5.82 Å². The van der Waals surface area contributed by atoms with Gasteiger partial charge >= 0.3 is 0 Å². The Labute approximate surface area is 184 Å². The minimum absolute atomic E-state index is 0.00563. The van der Waals surface area contributed by atoms with Crippen molar-refractivity contribution in [3.05, 3.63) is 35.5 Å².